The van der Waals surface area contributed by atoms with Crippen LogP contribution in [0.25, 0.3) is 16.7 Å². The van der Waals surface area contributed by atoms with Gasteiger partial charge >= 0.3 is 5.97 Å². The molecule has 6 nitrogen and oxygen atoms in total. The van der Waals surface area contributed by atoms with Crippen molar-refractivity contribution in [3.05, 3.63) is 59.9 Å². The molecule has 6 heteroatoms. The van der Waals surface area contributed by atoms with Crippen LogP contribution in [0.15, 0.2) is 48.5 Å². The third-order valence-electron chi connectivity index (χ3n) is 5.54. The molecule has 1 fully saturated rings. The molecule has 150 valence electrons. The Morgan fingerprint density at radius 1 is 1.10 bits per heavy atom. The fourth-order valence-corrected chi connectivity index (χ4v) is 3.79. The summed E-state index contributed by atoms with van der Waals surface area (Å²) in [7, 11) is 0. The minimum Gasteiger partial charge on any atom is -0.452 e. The number of piperidine rings is 1. The summed E-state index contributed by atoms with van der Waals surface area (Å²) in [6.07, 6.45) is 2.00. The second-order valence-corrected chi connectivity index (χ2v) is 7.67. The van der Waals surface area contributed by atoms with Crippen molar-refractivity contribution in [1.82, 2.24) is 14.5 Å². The van der Waals surface area contributed by atoms with Gasteiger partial charge in [0.25, 0.3) is 5.91 Å². The number of benzene rings is 2. The number of carbonyl (C=O) groups excluding carboxylic acids is 2. The lowest BCUT2D eigenvalue weighted by molar-refractivity contribution is -0.135. The highest BCUT2D eigenvalue weighted by atomic mass is 16.5. The summed E-state index contributed by atoms with van der Waals surface area (Å²) < 4.78 is 7.32. The summed E-state index contributed by atoms with van der Waals surface area (Å²) in [6.45, 7) is 5.38. The van der Waals surface area contributed by atoms with Crippen molar-refractivity contribution < 1.29 is 14.3 Å². The summed E-state index contributed by atoms with van der Waals surface area (Å²) in [4.78, 5) is 31.1. The van der Waals surface area contributed by atoms with E-state index in [4.69, 9.17) is 4.74 Å². The number of esters is 1. The lowest BCUT2D eigenvalue weighted by atomic mass is 9.99. The number of amides is 1. The van der Waals surface area contributed by atoms with Crippen LogP contribution < -0.4 is 0 Å². The van der Waals surface area contributed by atoms with Crippen LogP contribution in [-0.2, 0) is 9.53 Å². The molecule has 1 aliphatic rings. The predicted molar refractivity (Wildman–Crippen MR) is 111 cm³/mol. The van der Waals surface area contributed by atoms with Gasteiger partial charge in [0, 0.05) is 18.8 Å². The summed E-state index contributed by atoms with van der Waals surface area (Å²) in [6, 6.07) is 15.3. The molecule has 0 unspecified atom stereocenters. The molecule has 2 heterocycles. The zero-order valence-electron chi connectivity index (χ0n) is 16.8. The fraction of sp³-hybridized carbons (Fsp3) is 0.348. The molecule has 0 spiro atoms. The Balaban J connectivity index is 1.47. The molecular weight excluding hydrogens is 366 g/mol. The maximum absolute atomic E-state index is 12.5. The number of carbonyl (C=O) groups is 2. The van der Waals surface area contributed by atoms with Crippen LogP contribution in [0.1, 0.15) is 35.9 Å². The van der Waals surface area contributed by atoms with Crippen LogP contribution in [-0.4, -0.2) is 46.0 Å². The van der Waals surface area contributed by atoms with Crippen molar-refractivity contribution in [2.75, 3.05) is 19.7 Å². The first-order valence-corrected chi connectivity index (χ1v) is 10.0. The van der Waals surface area contributed by atoms with Crippen LogP contribution in [0.5, 0.6) is 0 Å². The second kappa shape index (κ2) is 8.07. The van der Waals surface area contributed by atoms with Gasteiger partial charge in [-0.15, -0.1) is 0 Å². The van der Waals surface area contributed by atoms with Crippen LogP contribution in [0.3, 0.4) is 0 Å². The molecule has 1 saturated heterocycles. The molecule has 3 aromatic rings. The SMILES string of the molecule is Cc1nc2cc(C(=O)OCC(=O)N3CCC(C)CC3)ccc2n1-c1ccccc1. The number of hydrogen-bond acceptors (Lipinski definition) is 4. The average Bonchev–Trinajstić information content (AvgIpc) is 3.07. The van der Waals surface area contributed by atoms with Crippen molar-refractivity contribution in [2.24, 2.45) is 5.92 Å². The highest BCUT2D eigenvalue weighted by Gasteiger charge is 2.22. The quantitative estimate of drug-likeness (QED) is 0.636. The molecule has 0 aliphatic carbocycles. The summed E-state index contributed by atoms with van der Waals surface area (Å²) in [5.41, 5.74) is 3.06. The van der Waals surface area contributed by atoms with Crippen molar-refractivity contribution in [3.63, 3.8) is 0 Å². The van der Waals surface area contributed by atoms with E-state index in [1.165, 1.54) is 0 Å². The number of nitrogens with zero attached hydrogens (tertiary/aromatic N) is 3. The maximum atomic E-state index is 12.5. The average molecular weight is 391 g/mol. The number of hydrogen-bond donors (Lipinski definition) is 0. The fourth-order valence-electron chi connectivity index (χ4n) is 3.79. The molecule has 29 heavy (non-hydrogen) atoms. The van der Waals surface area contributed by atoms with Gasteiger partial charge in [0.2, 0.25) is 0 Å². The van der Waals surface area contributed by atoms with E-state index in [0.717, 1.165) is 48.5 Å². The van der Waals surface area contributed by atoms with Gasteiger partial charge in [0.05, 0.1) is 16.6 Å². The Morgan fingerprint density at radius 3 is 2.55 bits per heavy atom. The van der Waals surface area contributed by atoms with E-state index in [-0.39, 0.29) is 12.5 Å². The molecule has 2 aromatic carbocycles. The van der Waals surface area contributed by atoms with Gasteiger partial charge in [-0.05, 0) is 56.0 Å². The van der Waals surface area contributed by atoms with Crippen LogP contribution in [0, 0.1) is 12.8 Å². The largest absolute Gasteiger partial charge is 0.452 e. The van der Waals surface area contributed by atoms with E-state index in [1.807, 2.05) is 47.9 Å². The Hall–Kier alpha value is -3.15. The smallest absolute Gasteiger partial charge is 0.338 e. The second-order valence-electron chi connectivity index (χ2n) is 7.67. The van der Waals surface area contributed by atoms with Crippen molar-refractivity contribution in [1.29, 1.82) is 0 Å². The van der Waals surface area contributed by atoms with E-state index in [9.17, 15) is 9.59 Å². The van der Waals surface area contributed by atoms with Crippen molar-refractivity contribution in [3.8, 4) is 5.69 Å². The first kappa shape index (κ1) is 19.2. The number of aromatic nitrogens is 2. The topological polar surface area (TPSA) is 64.4 Å². The van der Waals surface area contributed by atoms with Crippen LogP contribution in [0.2, 0.25) is 0 Å². The van der Waals surface area contributed by atoms with Gasteiger partial charge < -0.3 is 9.64 Å². The van der Waals surface area contributed by atoms with Gasteiger partial charge in [0.1, 0.15) is 5.82 Å². The number of rotatable bonds is 4. The number of para-hydroxylation sites is 1. The molecular formula is C23H25N3O3. The molecule has 1 aromatic heterocycles. The maximum Gasteiger partial charge on any atom is 0.338 e. The number of likely N-dealkylation sites (tertiary alicyclic amines) is 1. The number of aryl methyl sites for hydroxylation is 1. The van der Waals surface area contributed by atoms with E-state index in [2.05, 4.69) is 11.9 Å². The third kappa shape index (κ3) is 4.01. The minimum atomic E-state index is -0.502. The van der Waals surface area contributed by atoms with Gasteiger partial charge in [-0.2, -0.15) is 0 Å². The lowest BCUT2D eigenvalue weighted by Gasteiger charge is -2.30. The first-order chi connectivity index (χ1) is 14.0. The standard InChI is InChI=1S/C23H25N3O3/c1-16-10-12-25(13-11-16)22(27)15-29-23(28)18-8-9-21-20(14-18)24-17(2)26(21)19-6-4-3-5-7-19/h3-9,14,16H,10-13,15H2,1-2H3. The number of ether oxygens (including phenoxy) is 1. The van der Waals surface area contributed by atoms with Gasteiger partial charge in [-0.25, -0.2) is 9.78 Å². The Bertz CT molecular complexity index is 1030. The molecule has 1 aliphatic heterocycles. The molecule has 4 rings (SSSR count). The van der Waals surface area contributed by atoms with Crippen LogP contribution in [0.4, 0.5) is 0 Å². The lowest BCUT2D eigenvalue weighted by Crippen LogP contribution is -2.40. The predicted octanol–water partition coefficient (Wildman–Crippen LogP) is 3.75. The zero-order chi connectivity index (χ0) is 20.4. The first-order valence-electron chi connectivity index (χ1n) is 10.0. The molecule has 0 N–H and O–H groups in total. The Kier molecular flexibility index (Phi) is 5.34. The minimum absolute atomic E-state index is 0.129. The Labute approximate surface area is 170 Å². The van der Waals surface area contributed by atoms with Crippen molar-refractivity contribution in [2.45, 2.75) is 26.7 Å². The number of fused-ring (bicyclic) bond motifs is 1. The van der Waals surface area contributed by atoms with Gasteiger partial charge in [0.15, 0.2) is 6.61 Å². The highest BCUT2D eigenvalue weighted by molar-refractivity contribution is 5.95. The molecule has 0 bridgehead atoms. The van der Waals surface area contributed by atoms with E-state index in [0.29, 0.717) is 11.5 Å². The van der Waals surface area contributed by atoms with Crippen molar-refractivity contribution >= 4 is 22.9 Å². The molecule has 0 atom stereocenters. The normalized spacial score (nSPS) is 14.9. The third-order valence-corrected chi connectivity index (χ3v) is 5.54. The Morgan fingerprint density at radius 2 is 1.83 bits per heavy atom. The van der Waals surface area contributed by atoms with E-state index < -0.39 is 5.97 Å². The van der Waals surface area contributed by atoms with Gasteiger partial charge in [-0.3, -0.25) is 9.36 Å². The summed E-state index contributed by atoms with van der Waals surface area (Å²) in [5, 5.41) is 0. The highest BCUT2D eigenvalue weighted by Crippen LogP contribution is 2.23. The zero-order valence-corrected chi connectivity index (χ0v) is 16.8. The number of imidazole rings is 1. The van der Waals surface area contributed by atoms with E-state index in [1.54, 1.807) is 17.0 Å². The summed E-state index contributed by atoms with van der Waals surface area (Å²) in [5.74, 6) is 0.853. The van der Waals surface area contributed by atoms with E-state index >= 15 is 0 Å². The summed E-state index contributed by atoms with van der Waals surface area (Å²) >= 11 is 0. The molecule has 0 saturated carbocycles. The molecule has 0 radical (unpaired) electrons. The monoisotopic (exact) mass is 391 g/mol. The molecule has 1 amide bonds. The van der Waals surface area contributed by atoms with Gasteiger partial charge in [-0.1, -0.05) is 25.1 Å². The van der Waals surface area contributed by atoms with Crippen LogP contribution >= 0.6 is 0 Å².